The van der Waals surface area contributed by atoms with Crippen molar-refractivity contribution in [3.05, 3.63) is 90.8 Å². The predicted octanol–water partition coefficient (Wildman–Crippen LogP) is 5.54. The van der Waals surface area contributed by atoms with Gasteiger partial charge in [-0.05, 0) is 51.1 Å². The SMILES string of the molecule is C=C/C=C(\C=C)N(/C(C)=C/C=C\C)c1ccc(C)cc1. The van der Waals surface area contributed by atoms with E-state index in [4.69, 9.17) is 0 Å². The third kappa shape index (κ3) is 4.13. The van der Waals surface area contributed by atoms with Gasteiger partial charge in [0.2, 0.25) is 0 Å². The van der Waals surface area contributed by atoms with Crippen LogP contribution in [0.4, 0.5) is 5.69 Å². The quantitative estimate of drug-likeness (QED) is 0.611. The molecular formula is C19H23N. The van der Waals surface area contributed by atoms with Gasteiger partial charge in [0.25, 0.3) is 0 Å². The van der Waals surface area contributed by atoms with Gasteiger partial charge in [-0.15, -0.1) is 0 Å². The Hall–Kier alpha value is -2.28. The molecule has 0 aliphatic rings. The minimum Gasteiger partial charge on any atom is -0.315 e. The van der Waals surface area contributed by atoms with Crippen LogP contribution in [-0.2, 0) is 0 Å². The van der Waals surface area contributed by atoms with Crippen LogP contribution in [0.5, 0.6) is 0 Å². The molecule has 1 heteroatoms. The molecule has 0 aliphatic carbocycles. The van der Waals surface area contributed by atoms with E-state index in [1.807, 2.05) is 31.2 Å². The van der Waals surface area contributed by atoms with Crippen molar-refractivity contribution in [1.82, 2.24) is 0 Å². The number of benzene rings is 1. The number of nitrogens with zero attached hydrogens (tertiary/aromatic N) is 1. The zero-order chi connectivity index (χ0) is 15.0. The van der Waals surface area contributed by atoms with E-state index >= 15 is 0 Å². The summed E-state index contributed by atoms with van der Waals surface area (Å²) in [6.07, 6.45) is 11.7. The monoisotopic (exact) mass is 265 g/mol. The van der Waals surface area contributed by atoms with Gasteiger partial charge in [-0.25, -0.2) is 0 Å². The largest absolute Gasteiger partial charge is 0.315 e. The molecule has 0 bridgehead atoms. The van der Waals surface area contributed by atoms with Gasteiger partial charge in [-0.2, -0.15) is 0 Å². The number of allylic oxidation sites excluding steroid dienone is 7. The van der Waals surface area contributed by atoms with E-state index in [0.717, 1.165) is 17.1 Å². The molecule has 0 heterocycles. The first-order valence-corrected chi connectivity index (χ1v) is 6.75. The number of hydrogen-bond donors (Lipinski definition) is 0. The van der Waals surface area contributed by atoms with Crippen LogP contribution in [0, 0.1) is 6.92 Å². The van der Waals surface area contributed by atoms with Crippen molar-refractivity contribution in [2.45, 2.75) is 20.8 Å². The van der Waals surface area contributed by atoms with Crippen LogP contribution in [0.2, 0.25) is 0 Å². The summed E-state index contributed by atoms with van der Waals surface area (Å²) in [6, 6.07) is 8.45. The summed E-state index contributed by atoms with van der Waals surface area (Å²) in [5.74, 6) is 0. The lowest BCUT2D eigenvalue weighted by atomic mass is 10.1. The summed E-state index contributed by atoms with van der Waals surface area (Å²) in [5.41, 5.74) is 4.49. The van der Waals surface area contributed by atoms with Gasteiger partial charge in [0.15, 0.2) is 0 Å². The molecule has 0 saturated heterocycles. The lowest BCUT2D eigenvalue weighted by Crippen LogP contribution is -2.19. The normalized spacial score (nSPS) is 12.6. The highest BCUT2D eigenvalue weighted by Gasteiger charge is 2.10. The minimum absolute atomic E-state index is 1.00. The third-order valence-electron chi connectivity index (χ3n) is 2.93. The summed E-state index contributed by atoms with van der Waals surface area (Å²) >= 11 is 0. The Morgan fingerprint density at radius 1 is 1.10 bits per heavy atom. The molecule has 20 heavy (non-hydrogen) atoms. The van der Waals surface area contributed by atoms with Crippen LogP contribution in [0.3, 0.4) is 0 Å². The van der Waals surface area contributed by atoms with E-state index in [1.165, 1.54) is 5.56 Å². The highest BCUT2D eigenvalue weighted by molar-refractivity contribution is 5.61. The number of hydrogen-bond acceptors (Lipinski definition) is 1. The molecule has 0 aliphatic heterocycles. The fourth-order valence-corrected chi connectivity index (χ4v) is 1.91. The summed E-state index contributed by atoms with van der Waals surface area (Å²) in [6.45, 7) is 13.9. The van der Waals surface area contributed by atoms with E-state index in [1.54, 1.807) is 6.08 Å². The average Bonchev–Trinajstić information content (AvgIpc) is 2.46. The Morgan fingerprint density at radius 3 is 2.25 bits per heavy atom. The Labute approximate surface area is 122 Å². The first-order valence-electron chi connectivity index (χ1n) is 6.75. The van der Waals surface area contributed by atoms with Crippen LogP contribution in [0.15, 0.2) is 85.3 Å². The predicted molar refractivity (Wildman–Crippen MR) is 90.7 cm³/mol. The molecule has 0 saturated carbocycles. The molecule has 0 fully saturated rings. The van der Waals surface area contributed by atoms with E-state index in [0.29, 0.717) is 0 Å². The molecule has 0 unspecified atom stereocenters. The van der Waals surface area contributed by atoms with Gasteiger partial charge in [-0.1, -0.05) is 49.1 Å². The highest BCUT2D eigenvalue weighted by atomic mass is 15.1. The second-order valence-corrected chi connectivity index (χ2v) is 4.54. The summed E-state index contributed by atoms with van der Waals surface area (Å²) in [4.78, 5) is 2.16. The Morgan fingerprint density at radius 2 is 1.75 bits per heavy atom. The van der Waals surface area contributed by atoms with E-state index in [9.17, 15) is 0 Å². The molecule has 1 aromatic carbocycles. The van der Waals surface area contributed by atoms with Gasteiger partial charge < -0.3 is 4.90 Å². The fourth-order valence-electron chi connectivity index (χ4n) is 1.91. The van der Waals surface area contributed by atoms with Gasteiger partial charge in [0.1, 0.15) is 0 Å². The van der Waals surface area contributed by atoms with E-state index in [-0.39, 0.29) is 0 Å². The average molecular weight is 265 g/mol. The number of anilines is 1. The second-order valence-electron chi connectivity index (χ2n) is 4.54. The van der Waals surface area contributed by atoms with Gasteiger partial charge >= 0.3 is 0 Å². The standard InChI is InChI=1S/C19H23N/c1-6-9-11-17(5)20(18(8-3)10-7-2)19-14-12-16(4)13-15-19/h6-15H,2-3H2,1,4-5H3/b9-6-,17-11+,18-10+. The first kappa shape index (κ1) is 15.8. The zero-order valence-corrected chi connectivity index (χ0v) is 12.6. The Balaban J connectivity index is 3.33. The maximum Gasteiger partial charge on any atom is 0.0458 e. The van der Waals surface area contributed by atoms with Crippen LogP contribution in [-0.4, -0.2) is 0 Å². The van der Waals surface area contributed by atoms with Crippen molar-refractivity contribution < 1.29 is 0 Å². The Bertz CT molecular complexity index is 542. The summed E-state index contributed by atoms with van der Waals surface area (Å²) < 4.78 is 0. The lowest BCUT2D eigenvalue weighted by Gasteiger charge is -2.26. The molecule has 0 spiro atoms. The van der Waals surface area contributed by atoms with E-state index < -0.39 is 0 Å². The smallest absolute Gasteiger partial charge is 0.0458 e. The minimum atomic E-state index is 1.00. The maximum absolute atomic E-state index is 3.90. The van der Waals surface area contributed by atoms with Gasteiger partial charge in [-0.3, -0.25) is 0 Å². The van der Waals surface area contributed by atoms with Crippen molar-refractivity contribution in [1.29, 1.82) is 0 Å². The lowest BCUT2D eigenvalue weighted by molar-refractivity contribution is 1.10. The molecule has 1 aromatic rings. The topological polar surface area (TPSA) is 3.24 Å². The molecule has 0 amide bonds. The van der Waals surface area contributed by atoms with Crippen molar-refractivity contribution in [3.8, 4) is 0 Å². The van der Waals surface area contributed by atoms with Gasteiger partial charge in [0.05, 0.1) is 0 Å². The Kier molecular flexibility index (Phi) is 6.31. The van der Waals surface area contributed by atoms with E-state index in [2.05, 4.69) is 62.2 Å². The van der Waals surface area contributed by atoms with Crippen LogP contribution < -0.4 is 4.90 Å². The maximum atomic E-state index is 3.90. The molecule has 0 atom stereocenters. The summed E-state index contributed by atoms with van der Waals surface area (Å²) in [7, 11) is 0. The van der Waals surface area contributed by atoms with Crippen molar-refractivity contribution in [2.75, 3.05) is 4.90 Å². The highest BCUT2D eigenvalue weighted by Crippen LogP contribution is 2.25. The molecule has 104 valence electrons. The number of rotatable bonds is 6. The van der Waals surface area contributed by atoms with Gasteiger partial charge in [0, 0.05) is 17.1 Å². The second kappa shape index (κ2) is 8.00. The van der Waals surface area contributed by atoms with Crippen LogP contribution in [0.1, 0.15) is 19.4 Å². The first-order chi connectivity index (χ1) is 9.63. The zero-order valence-electron chi connectivity index (χ0n) is 12.6. The molecule has 1 nitrogen and oxygen atoms in total. The van der Waals surface area contributed by atoms with Crippen molar-refractivity contribution in [3.63, 3.8) is 0 Å². The van der Waals surface area contributed by atoms with Crippen molar-refractivity contribution >= 4 is 5.69 Å². The molecule has 0 aromatic heterocycles. The molecule has 1 rings (SSSR count). The van der Waals surface area contributed by atoms with Crippen LogP contribution in [0.25, 0.3) is 0 Å². The van der Waals surface area contributed by atoms with Crippen molar-refractivity contribution in [2.24, 2.45) is 0 Å². The van der Waals surface area contributed by atoms with Crippen LogP contribution >= 0.6 is 0 Å². The fraction of sp³-hybridized carbons (Fsp3) is 0.158. The molecule has 0 radical (unpaired) electrons. The molecular weight excluding hydrogens is 242 g/mol. The summed E-state index contributed by atoms with van der Waals surface area (Å²) in [5, 5.41) is 0. The molecule has 0 N–H and O–H groups in total. The number of aryl methyl sites for hydroxylation is 1. The third-order valence-corrected chi connectivity index (χ3v) is 2.93.